The van der Waals surface area contributed by atoms with E-state index < -0.39 is 0 Å². The van der Waals surface area contributed by atoms with Crippen molar-refractivity contribution in [2.24, 2.45) is 0 Å². The van der Waals surface area contributed by atoms with Gasteiger partial charge in [-0.05, 0) is 66.9 Å². The molecule has 2 aromatic heterocycles. The smallest absolute Gasteiger partial charge is 0.274 e. The summed E-state index contributed by atoms with van der Waals surface area (Å²) in [6.07, 6.45) is 3.64. The maximum atomic E-state index is 13.1. The Morgan fingerprint density at radius 3 is 2.53 bits per heavy atom. The highest BCUT2D eigenvalue weighted by atomic mass is 32.1. The lowest BCUT2D eigenvalue weighted by atomic mass is 10.2. The number of nitrogens with zero attached hydrogens (tertiary/aromatic N) is 2. The third-order valence-corrected chi connectivity index (χ3v) is 6.83. The molecule has 0 aliphatic carbocycles. The van der Waals surface area contributed by atoms with Crippen LogP contribution in [0.4, 0.5) is 0 Å². The molecule has 0 aliphatic rings. The zero-order chi connectivity index (χ0) is 24.9. The van der Waals surface area contributed by atoms with Crippen LogP contribution in [0.2, 0.25) is 0 Å². The zero-order valence-electron chi connectivity index (χ0n) is 20.4. The molecule has 0 radical (unpaired) electrons. The highest BCUT2D eigenvalue weighted by Crippen LogP contribution is 2.29. The normalized spacial score (nSPS) is 11.9. The maximum Gasteiger partial charge on any atom is 0.274 e. The molecule has 0 unspecified atom stereocenters. The van der Waals surface area contributed by atoms with E-state index in [2.05, 4.69) is 24.0 Å². The molecule has 3 aromatic carbocycles. The van der Waals surface area contributed by atoms with Crippen LogP contribution in [0.3, 0.4) is 0 Å². The van der Waals surface area contributed by atoms with Gasteiger partial charge in [0.2, 0.25) is 0 Å². The summed E-state index contributed by atoms with van der Waals surface area (Å²) in [5.41, 5.74) is 3.76. The van der Waals surface area contributed by atoms with Crippen LogP contribution in [0.25, 0.3) is 22.1 Å². The highest BCUT2D eigenvalue weighted by molar-refractivity contribution is 7.15. The van der Waals surface area contributed by atoms with Crippen LogP contribution < -0.4 is 24.3 Å². The molecule has 0 spiro atoms. The van der Waals surface area contributed by atoms with Gasteiger partial charge in [-0.2, -0.15) is 0 Å². The van der Waals surface area contributed by atoms with Gasteiger partial charge in [-0.1, -0.05) is 48.6 Å². The molecule has 0 N–H and O–H groups in total. The average molecular weight is 501 g/mol. The summed E-state index contributed by atoms with van der Waals surface area (Å²) in [5, 5.41) is 0. The number of thiazole rings is 1. The van der Waals surface area contributed by atoms with Crippen LogP contribution in [-0.4, -0.2) is 29.2 Å². The van der Waals surface area contributed by atoms with E-state index in [0.29, 0.717) is 40.8 Å². The minimum Gasteiger partial charge on any atom is -0.493 e. The predicted octanol–water partition coefficient (Wildman–Crippen LogP) is 5.27. The number of aryl methyl sites for hydroxylation is 1. The van der Waals surface area contributed by atoms with E-state index in [1.54, 1.807) is 4.40 Å². The molecule has 36 heavy (non-hydrogen) atoms. The fourth-order valence-electron chi connectivity index (χ4n) is 4.02. The van der Waals surface area contributed by atoms with Gasteiger partial charge in [0.05, 0.1) is 35.4 Å². The minimum absolute atomic E-state index is 0.0636. The highest BCUT2D eigenvalue weighted by Gasteiger charge is 2.11. The SMILES string of the molecule is CCOc1cc(C=c2sc3nc4ccccc4n3c2=O)ccc1OCCCOc1ccc(CC)cc1. The Kier molecular flexibility index (Phi) is 7.18. The Labute approximate surface area is 213 Å². The first-order valence-electron chi connectivity index (χ1n) is 12.2. The number of aromatic nitrogens is 2. The van der Waals surface area contributed by atoms with Gasteiger partial charge in [0.25, 0.3) is 5.56 Å². The summed E-state index contributed by atoms with van der Waals surface area (Å²) in [5.74, 6) is 2.20. The Bertz CT molecular complexity index is 1590. The second kappa shape index (κ2) is 10.8. The van der Waals surface area contributed by atoms with Gasteiger partial charge in [0.15, 0.2) is 16.5 Å². The molecule has 6 nitrogen and oxygen atoms in total. The number of imidazole rings is 1. The summed E-state index contributed by atoms with van der Waals surface area (Å²) in [6, 6.07) is 21.6. The molecular weight excluding hydrogens is 472 g/mol. The van der Waals surface area contributed by atoms with E-state index in [1.807, 2.05) is 67.6 Å². The largest absolute Gasteiger partial charge is 0.493 e. The van der Waals surface area contributed by atoms with Crippen LogP contribution in [0, 0.1) is 0 Å². The van der Waals surface area contributed by atoms with Crippen LogP contribution >= 0.6 is 11.3 Å². The third kappa shape index (κ3) is 5.06. The van der Waals surface area contributed by atoms with Crippen LogP contribution in [0.1, 0.15) is 31.4 Å². The number of ether oxygens (including phenoxy) is 3. The lowest BCUT2D eigenvalue weighted by Crippen LogP contribution is -2.22. The Morgan fingerprint density at radius 2 is 1.72 bits per heavy atom. The number of rotatable bonds is 10. The van der Waals surface area contributed by atoms with Crippen molar-refractivity contribution in [2.75, 3.05) is 19.8 Å². The van der Waals surface area contributed by atoms with E-state index in [4.69, 9.17) is 14.2 Å². The molecule has 0 bridgehead atoms. The Hall–Kier alpha value is -3.84. The van der Waals surface area contributed by atoms with Crippen molar-refractivity contribution >= 4 is 33.4 Å². The van der Waals surface area contributed by atoms with Crippen molar-refractivity contribution in [2.45, 2.75) is 26.7 Å². The number of fused-ring (bicyclic) bond motifs is 3. The average Bonchev–Trinajstić information content (AvgIpc) is 3.41. The first-order valence-corrected chi connectivity index (χ1v) is 13.0. The Balaban J connectivity index is 1.27. The second-order valence-corrected chi connectivity index (χ2v) is 9.33. The molecule has 0 amide bonds. The standard InChI is InChI=1S/C29H28N2O4S/c1-3-20-10-13-22(14-11-20)34-16-7-17-35-25-15-12-21(18-26(25)33-4-2)19-27-28(32)31-24-9-6-5-8-23(24)30-29(31)36-27/h5-6,8-15,18-19H,3-4,7,16-17H2,1-2H3. The van der Waals surface area contributed by atoms with Crippen LogP contribution in [0.15, 0.2) is 71.5 Å². The topological polar surface area (TPSA) is 62.1 Å². The fraction of sp³-hybridized carbons (Fsp3) is 0.241. The van der Waals surface area contributed by atoms with E-state index in [1.165, 1.54) is 16.9 Å². The zero-order valence-corrected chi connectivity index (χ0v) is 21.2. The van der Waals surface area contributed by atoms with E-state index in [9.17, 15) is 4.79 Å². The summed E-state index contributed by atoms with van der Waals surface area (Å²) in [7, 11) is 0. The second-order valence-electron chi connectivity index (χ2n) is 8.32. The van der Waals surface area contributed by atoms with Crippen molar-refractivity contribution in [3.63, 3.8) is 0 Å². The molecule has 5 aromatic rings. The first-order chi connectivity index (χ1) is 17.7. The molecule has 7 heteroatoms. The van der Waals surface area contributed by atoms with Gasteiger partial charge in [-0.25, -0.2) is 9.38 Å². The quantitative estimate of drug-likeness (QED) is 0.245. The lowest BCUT2D eigenvalue weighted by molar-refractivity contribution is 0.236. The summed E-state index contributed by atoms with van der Waals surface area (Å²) < 4.78 is 19.9. The van der Waals surface area contributed by atoms with Gasteiger partial charge in [0.1, 0.15) is 5.75 Å². The number of benzene rings is 3. The maximum absolute atomic E-state index is 13.1. The predicted molar refractivity (Wildman–Crippen MR) is 145 cm³/mol. The van der Waals surface area contributed by atoms with Gasteiger partial charge in [-0.15, -0.1) is 0 Å². The molecular formula is C29H28N2O4S. The molecule has 0 saturated heterocycles. The molecule has 0 aliphatic heterocycles. The number of hydrogen-bond donors (Lipinski definition) is 0. The number of hydrogen-bond acceptors (Lipinski definition) is 6. The van der Waals surface area contributed by atoms with Gasteiger partial charge in [-0.3, -0.25) is 4.79 Å². The fourth-order valence-corrected chi connectivity index (χ4v) is 5.00. The minimum atomic E-state index is -0.0636. The van der Waals surface area contributed by atoms with Crippen LogP contribution in [0.5, 0.6) is 17.2 Å². The molecule has 5 rings (SSSR count). The number of para-hydroxylation sites is 2. The molecule has 0 fully saturated rings. The summed E-state index contributed by atoms with van der Waals surface area (Å²) >= 11 is 1.39. The first kappa shape index (κ1) is 23.9. The van der Waals surface area contributed by atoms with Crippen molar-refractivity contribution in [1.29, 1.82) is 0 Å². The molecule has 0 atom stereocenters. The van der Waals surface area contributed by atoms with Gasteiger partial charge < -0.3 is 14.2 Å². The van der Waals surface area contributed by atoms with Gasteiger partial charge in [0, 0.05) is 6.42 Å². The van der Waals surface area contributed by atoms with Crippen molar-refractivity contribution in [3.8, 4) is 17.2 Å². The van der Waals surface area contributed by atoms with Crippen LogP contribution in [-0.2, 0) is 6.42 Å². The summed E-state index contributed by atoms with van der Waals surface area (Å²) in [6.45, 7) is 5.67. The molecule has 184 valence electrons. The summed E-state index contributed by atoms with van der Waals surface area (Å²) in [4.78, 5) is 18.3. The van der Waals surface area contributed by atoms with E-state index >= 15 is 0 Å². The van der Waals surface area contributed by atoms with Crippen molar-refractivity contribution in [3.05, 3.63) is 92.7 Å². The van der Waals surface area contributed by atoms with Gasteiger partial charge >= 0.3 is 0 Å². The Morgan fingerprint density at radius 1 is 0.917 bits per heavy atom. The lowest BCUT2D eigenvalue weighted by Gasteiger charge is -2.13. The van der Waals surface area contributed by atoms with E-state index in [0.717, 1.165) is 35.2 Å². The van der Waals surface area contributed by atoms with E-state index in [-0.39, 0.29) is 5.56 Å². The molecule has 2 heterocycles. The molecule has 0 saturated carbocycles. The van der Waals surface area contributed by atoms with Crippen molar-refractivity contribution < 1.29 is 14.2 Å². The monoisotopic (exact) mass is 500 g/mol. The third-order valence-electron chi connectivity index (χ3n) is 5.86. The van der Waals surface area contributed by atoms with Crippen molar-refractivity contribution in [1.82, 2.24) is 9.38 Å².